The van der Waals surface area contributed by atoms with Crippen LogP contribution < -0.4 is 4.74 Å². The Morgan fingerprint density at radius 1 is 1.06 bits per heavy atom. The number of hydrogen-bond donors (Lipinski definition) is 0. The quantitative estimate of drug-likeness (QED) is 0.777. The Morgan fingerprint density at radius 2 is 1.75 bits per heavy atom. The average Bonchev–Trinajstić information content (AvgIpc) is 2.33. The molecule has 1 heterocycles. The van der Waals surface area contributed by atoms with Gasteiger partial charge in [-0.1, -0.05) is 0 Å². The number of benzene rings is 1. The zero-order valence-electron chi connectivity index (χ0n) is 8.58. The molecule has 0 aliphatic carbocycles. The maximum absolute atomic E-state index is 13.4. The third kappa shape index (κ3) is 1.86. The highest BCUT2D eigenvalue weighted by Gasteiger charge is 2.10. The van der Waals surface area contributed by atoms with Gasteiger partial charge in [0.15, 0.2) is 11.6 Å². The summed E-state index contributed by atoms with van der Waals surface area (Å²) >= 11 is 0. The van der Waals surface area contributed by atoms with E-state index in [0.29, 0.717) is 11.3 Å². The molecule has 0 aliphatic rings. The van der Waals surface area contributed by atoms with Crippen molar-refractivity contribution in [3.8, 4) is 17.0 Å². The molecule has 0 unspecified atom stereocenters. The van der Waals surface area contributed by atoms with Crippen molar-refractivity contribution in [1.82, 2.24) is 4.98 Å². The van der Waals surface area contributed by atoms with Crippen LogP contribution in [0, 0.1) is 11.6 Å². The lowest BCUT2D eigenvalue weighted by Gasteiger charge is -2.04. The van der Waals surface area contributed by atoms with E-state index in [4.69, 9.17) is 4.74 Å². The van der Waals surface area contributed by atoms with Gasteiger partial charge in [0.25, 0.3) is 0 Å². The smallest absolute Gasteiger partial charge is 0.185 e. The SMILES string of the molecule is COc1ccc(-c2nccc(F)c2F)cc1. The fourth-order valence-electron chi connectivity index (χ4n) is 1.37. The highest BCUT2D eigenvalue weighted by atomic mass is 19.2. The van der Waals surface area contributed by atoms with Crippen LogP contribution in [0.2, 0.25) is 0 Å². The summed E-state index contributed by atoms with van der Waals surface area (Å²) in [6.45, 7) is 0. The van der Waals surface area contributed by atoms with Crippen molar-refractivity contribution in [3.63, 3.8) is 0 Å². The predicted molar refractivity (Wildman–Crippen MR) is 56.1 cm³/mol. The monoisotopic (exact) mass is 221 g/mol. The molecule has 2 rings (SSSR count). The minimum atomic E-state index is -0.937. The number of methoxy groups -OCH3 is 1. The molecule has 0 spiro atoms. The molecule has 2 nitrogen and oxygen atoms in total. The zero-order chi connectivity index (χ0) is 11.5. The third-order valence-corrected chi connectivity index (χ3v) is 2.21. The molecule has 0 amide bonds. The van der Waals surface area contributed by atoms with Gasteiger partial charge in [-0.05, 0) is 30.3 Å². The number of pyridine rings is 1. The second-order valence-corrected chi connectivity index (χ2v) is 3.18. The molecule has 0 fully saturated rings. The van der Waals surface area contributed by atoms with Crippen molar-refractivity contribution in [3.05, 3.63) is 48.2 Å². The number of hydrogen-bond acceptors (Lipinski definition) is 2. The summed E-state index contributed by atoms with van der Waals surface area (Å²) in [6, 6.07) is 7.58. The summed E-state index contributed by atoms with van der Waals surface area (Å²) in [5, 5.41) is 0. The topological polar surface area (TPSA) is 22.1 Å². The van der Waals surface area contributed by atoms with Crippen LogP contribution in [0.25, 0.3) is 11.3 Å². The van der Waals surface area contributed by atoms with E-state index in [2.05, 4.69) is 4.98 Å². The maximum Gasteiger partial charge on any atom is 0.185 e. The summed E-state index contributed by atoms with van der Waals surface area (Å²) in [7, 11) is 1.54. The number of ether oxygens (including phenoxy) is 1. The van der Waals surface area contributed by atoms with Gasteiger partial charge in [-0.15, -0.1) is 0 Å². The normalized spacial score (nSPS) is 10.2. The van der Waals surface area contributed by atoms with E-state index in [1.54, 1.807) is 24.3 Å². The van der Waals surface area contributed by atoms with E-state index in [1.165, 1.54) is 13.3 Å². The van der Waals surface area contributed by atoms with E-state index in [1.807, 2.05) is 0 Å². The molecule has 0 bridgehead atoms. The number of rotatable bonds is 2. The largest absolute Gasteiger partial charge is 0.497 e. The minimum Gasteiger partial charge on any atom is -0.497 e. The molecule has 0 atom stereocenters. The molecule has 82 valence electrons. The molecule has 0 saturated heterocycles. The van der Waals surface area contributed by atoms with Gasteiger partial charge < -0.3 is 4.74 Å². The van der Waals surface area contributed by atoms with E-state index < -0.39 is 11.6 Å². The van der Waals surface area contributed by atoms with Crippen LogP contribution in [0.4, 0.5) is 8.78 Å². The van der Waals surface area contributed by atoms with Crippen LogP contribution in [0.5, 0.6) is 5.75 Å². The van der Waals surface area contributed by atoms with Gasteiger partial charge in [0.1, 0.15) is 11.4 Å². The van der Waals surface area contributed by atoms with Crippen molar-refractivity contribution < 1.29 is 13.5 Å². The molecular weight excluding hydrogens is 212 g/mol. The lowest BCUT2D eigenvalue weighted by Crippen LogP contribution is -1.93. The summed E-state index contributed by atoms with van der Waals surface area (Å²) in [6.07, 6.45) is 1.23. The van der Waals surface area contributed by atoms with Gasteiger partial charge in [-0.25, -0.2) is 8.78 Å². The summed E-state index contributed by atoms with van der Waals surface area (Å²) in [5.41, 5.74) is 0.514. The van der Waals surface area contributed by atoms with Crippen LogP contribution in [0.1, 0.15) is 0 Å². The Morgan fingerprint density at radius 3 is 2.38 bits per heavy atom. The molecule has 0 radical (unpaired) electrons. The standard InChI is InChI=1S/C12H9F2NO/c1-16-9-4-2-8(3-5-9)12-11(14)10(13)6-7-15-12/h2-7H,1H3. The van der Waals surface area contributed by atoms with Crippen LogP contribution in [0.3, 0.4) is 0 Å². The number of aromatic nitrogens is 1. The Labute approximate surface area is 91.5 Å². The van der Waals surface area contributed by atoms with Crippen molar-refractivity contribution >= 4 is 0 Å². The van der Waals surface area contributed by atoms with E-state index in [9.17, 15) is 8.78 Å². The van der Waals surface area contributed by atoms with E-state index in [-0.39, 0.29) is 5.69 Å². The van der Waals surface area contributed by atoms with Crippen LogP contribution in [-0.4, -0.2) is 12.1 Å². The summed E-state index contributed by atoms with van der Waals surface area (Å²) in [5.74, 6) is -1.19. The molecule has 1 aromatic heterocycles. The molecule has 4 heteroatoms. The third-order valence-electron chi connectivity index (χ3n) is 2.21. The van der Waals surface area contributed by atoms with Gasteiger partial charge in [0, 0.05) is 11.8 Å². The summed E-state index contributed by atoms with van der Waals surface area (Å²) < 4.78 is 31.3. The lowest BCUT2D eigenvalue weighted by molar-refractivity contribution is 0.415. The van der Waals surface area contributed by atoms with Crippen molar-refractivity contribution in [1.29, 1.82) is 0 Å². The number of nitrogens with zero attached hydrogens (tertiary/aromatic N) is 1. The van der Waals surface area contributed by atoms with Gasteiger partial charge in [0.2, 0.25) is 0 Å². The highest BCUT2D eigenvalue weighted by Crippen LogP contribution is 2.23. The first kappa shape index (κ1) is 10.5. The molecule has 0 N–H and O–H groups in total. The molecule has 2 aromatic rings. The van der Waals surface area contributed by atoms with Crippen LogP contribution >= 0.6 is 0 Å². The summed E-state index contributed by atoms with van der Waals surface area (Å²) in [4.78, 5) is 3.81. The Balaban J connectivity index is 2.46. The van der Waals surface area contributed by atoms with Gasteiger partial charge in [0.05, 0.1) is 7.11 Å². The minimum absolute atomic E-state index is 0.00246. The van der Waals surface area contributed by atoms with Crippen LogP contribution in [-0.2, 0) is 0 Å². The second-order valence-electron chi connectivity index (χ2n) is 3.18. The van der Waals surface area contributed by atoms with Crippen molar-refractivity contribution in [2.45, 2.75) is 0 Å². The van der Waals surface area contributed by atoms with Crippen molar-refractivity contribution in [2.75, 3.05) is 7.11 Å². The fraction of sp³-hybridized carbons (Fsp3) is 0.0833. The predicted octanol–water partition coefficient (Wildman–Crippen LogP) is 3.04. The molecule has 1 aromatic carbocycles. The maximum atomic E-state index is 13.4. The Bertz CT molecular complexity index is 497. The first-order valence-electron chi connectivity index (χ1n) is 4.67. The van der Waals surface area contributed by atoms with E-state index in [0.717, 1.165) is 6.07 Å². The average molecular weight is 221 g/mol. The first-order chi connectivity index (χ1) is 7.72. The van der Waals surface area contributed by atoms with Crippen LogP contribution in [0.15, 0.2) is 36.5 Å². The zero-order valence-corrected chi connectivity index (χ0v) is 8.58. The highest BCUT2D eigenvalue weighted by molar-refractivity contribution is 5.60. The van der Waals surface area contributed by atoms with Gasteiger partial charge in [-0.3, -0.25) is 4.98 Å². The Hall–Kier alpha value is -1.97. The van der Waals surface area contributed by atoms with Crippen molar-refractivity contribution in [2.24, 2.45) is 0 Å². The Kier molecular flexibility index (Phi) is 2.81. The van der Waals surface area contributed by atoms with Gasteiger partial charge >= 0.3 is 0 Å². The molecular formula is C12H9F2NO. The molecule has 0 aliphatic heterocycles. The fourth-order valence-corrected chi connectivity index (χ4v) is 1.37. The number of halogens is 2. The van der Waals surface area contributed by atoms with Gasteiger partial charge in [-0.2, -0.15) is 0 Å². The van der Waals surface area contributed by atoms with E-state index >= 15 is 0 Å². The molecule has 0 saturated carbocycles. The first-order valence-corrected chi connectivity index (χ1v) is 4.67. The second kappa shape index (κ2) is 4.26. The molecule has 16 heavy (non-hydrogen) atoms. The lowest BCUT2D eigenvalue weighted by atomic mass is 10.1.